The first-order chi connectivity index (χ1) is 8.63. The van der Waals surface area contributed by atoms with Gasteiger partial charge in [0, 0.05) is 5.69 Å². The molecule has 1 heterocycles. The van der Waals surface area contributed by atoms with Crippen LogP contribution in [-0.2, 0) is 0 Å². The molecular weight excluding hydrogens is 248 g/mol. The fourth-order valence-electron chi connectivity index (χ4n) is 1.41. The van der Waals surface area contributed by atoms with E-state index in [4.69, 9.17) is 17.0 Å². The van der Waals surface area contributed by atoms with Gasteiger partial charge in [-0.05, 0) is 50.3 Å². The quantitative estimate of drug-likeness (QED) is 0.829. The van der Waals surface area contributed by atoms with Crippen molar-refractivity contribution in [1.82, 2.24) is 15.2 Å². The Labute approximate surface area is 110 Å². The van der Waals surface area contributed by atoms with Gasteiger partial charge in [-0.25, -0.2) is 0 Å². The first-order valence-electron chi connectivity index (χ1n) is 5.59. The van der Waals surface area contributed by atoms with Crippen molar-refractivity contribution in [2.45, 2.75) is 20.0 Å². The highest BCUT2D eigenvalue weighted by Gasteiger charge is 1.99. The molecule has 0 bridgehead atoms. The summed E-state index contributed by atoms with van der Waals surface area (Å²) in [5.41, 5.74) is 0.904. The molecule has 1 aromatic heterocycles. The second-order valence-electron chi connectivity index (χ2n) is 3.99. The van der Waals surface area contributed by atoms with Gasteiger partial charge in [-0.2, -0.15) is 10.1 Å². The van der Waals surface area contributed by atoms with E-state index in [1.165, 1.54) is 0 Å². The molecule has 2 aromatic rings. The van der Waals surface area contributed by atoms with E-state index in [9.17, 15) is 0 Å². The zero-order valence-corrected chi connectivity index (χ0v) is 11.0. The van der Waals surface area contributed by atoms with Crippen molar-refractivity contribution in [3.8, 4) is 5.75 Å². The van der Waals surface area contributed by atoms with E-state index in [1.54, 1.807) is 6.20 Å². The van der Waals surface area contributed by atoms with E-state index in [0.29, 0.717) is 10.6 Å². The molecule has 0 unspecified atom stereocenters. The van der Waals surface area contributed by atoms with Crippen molar-refractivity contribution in [1.29, 1.82) is 0 Å². The van der Waals surface area contributed by atoms with Crippen LogP contribution in [0, 0.1) is 4.77 Å². The zero-order valence-electron chi connectivity index (χ0n) is 10.2. The van der Waals surface area contributed by atoms with Gasteiger partial charge in [0.05, 0.1) is 12.3 Å². The molecule has 0 fully saturated rings. The molecule has 18 heavy (non-hydrogen) atoms. The van der Waals surface area contributed by atoms with Crippen LogP contribution < -0.4 is 10.1 Å². The van der Waals surface area contributed by atoms with Gasteiger partial charge in [-0.3, -0.25) is 5.10 Å². The molecule has 0 saturated heterocycles. The Morgan fingerprint density at radius 1 is 1.28 bits per heavy atom. The lowest BCUT2D eigenvalue weighted by Gasteiger charge is -2.10. The summed E-state index contributed by atoms with van der Waals surface area (Å²) in [5.74, 6) is 1.45. The number of ether oxygens (including phenoxy) is 1. The van der Waals surface area contributed by atoms with Gasteiger partial charge in [-0.1, -0.05) is 0 Å². The Morgan fingerprint density at radius 3 is 2.61 bits per heavy atom. The molecule has 2 N–H and O–H groups in total. The van der Waals surface area contributed by atoms with Crippen LogP contribution in [0.15, 0.2) is 30.5 Å². The van der Waals surface area contributed by atoms with Crippen molar-refractivity contribution in [3.05, 3.63) is 35.2 Å². The van der Waals surface area contributed by atoms with E-state index in [-0.39, 0.29) is 6.10 Å². The number of hydrogen-bond acceptors (Lipinski definition) is 5. The van der Waals surface area contributed by atoms with Crippen LogP contribution in [0.1, 0.15) is 13.8 Å². The van der Waals surface area contributed by atoms with Gasteiger partial charge in [0.2, 0.25) is 4.77 Å². The largest absolute Gasteiger partial charge is 0.491 e. The van der Waals surface area contributed by atoms with Crippen molar-refractivity contribution in [2.75, 3.05) is 5.32 Å². The van der Waals surface area contributed by atoms with Crippen LogP contribution in [0.5, 0.6) is 5.75 Å². The fraction of sp³-hybridized carbons (Fsp3) is 0.250. The second-order valence-corrected chi connectivity index (χ2v) is 4.37. The number of nitrogens with one attached hydrogen (secondary N) is 2. The van der Waals surface area contributed by atoms with Gasteiger partial charge in [0.25, 0.3) is 0 Å². The molecule has 6 heteroatoms. The monoisotopic (exact) mass is 262 g/mol. The molecule has 0 spiro atoms. The molecule has 0 atom stereocenters. The first kappa shape index (κ1) is 12.5. The van der Waals surface area contributed by atoms with Crippen molar-refractivity contribution in [2.24, 2.45) is 0 Å². The third-order valence-corrected chi connectivity index (χ3v) is 2.25. The van der Waals surface area contributed by atoms with E-state index in [1.807, 2.05) is 38.1 Å². The molecule has 0 saturated carbocycles. The lowest BCUT2D eigenvalue weighted by atomic mass is 10.3. The summed E-state index contributed by atoms with van der Waals surface area (Å²) >= 11 is 4.89. The Kier molecular flexibility index (Phi) is 3.88. The Morgan fingerprint density at radius 2 is 2.00 bits per heavy atom. The average Bonchev–Trinajstić information content (AvgIpc) is 2.31. The molecule has 0 amide bonds. The second kappa shape index (κ2) is 5.59. The van der Waals surface area contributed by atoms with E-state index in [0.717, 1.165) is 11.4 Å². The summed E-state index contributed by atoms with van der Waals surface area (Å²) in [6.45, 7) is 3.99. The number of hydrogen-bond donors (Lipinski definition) is 2. The van der Waals surface area contributed by atoms with Crippen molar-refractivity contribution in [3.63, 3.8) is 0 Å². The number of benzene rings is 1. The Bertz CT molecular complexity index is 565. The molecule has 2 rings (SSSR count). The minimum Gasteiger partial charge on any atom is -0.491 e. The van der Waals surface area contributed by atoms with Crippen LogP contribution in [-0.4, -0.2) is 21.3 Å². The molecule has 1 aromatic carbocycles. The summed E-state index contributed by atoms with van der Waals surface area (Å²) in [5, 5.41) is 9.55. The van der Waals surface area contributed by atoms with Gasteiger partial charge in [-0.15, -0.1) is 0 Å². The smallest absolute Gasteiger partial charge is 0.215 e. The summed E-state index contributed by atoms with van der Waals surface area (Å²) in [6.07, 6.45) is 1.75. The predicted molar refractivity (Wildman–Crippen MR) is 72.7 cm³/mol. The van der Waals surface area contributed by atoms with Crippen LogP contribution in [0.3, 0.4) is 0 Å². The molecule has 94 valence electrons. The summed E-state index contributed by atoms with van der Waals surface area (Å²) in [4.78, 5) is 4.09. The van der Waals surface area contributed by atoms with Gasteiger partial charge >= 0.3 is 0 Å². The lowest BCUT2D eigenvalue weighted by Crippen LogP contribution is -2.05. The molecule has 0 aliphatic rings. The SMILES string of the molecule is CC(C)Oc1ccc(Nc2cn[nH]c(=S)n2)cc1. The molecular formula is C12H14N4OS. The molecule has 5 nitrogen and oxygen atoms in total. The molecule has 0 aliphatic heterocycles. The van der Waals surface area contributed by atoms with Crippen molar-refractivity contribution < 1.29 is 4.74 Å². The summed E-state index contributed by atoms with van der Waals surface area (Å²) in [6, 6.07) is 7.64. The summed E-state index contributed by atoms with van der Waals surface area (Å²) in [7, 11) is 0. The molecule has 0 radical (unpaired) electrons. The summed E-state index contributed by atoms with van der Waals surface area (Å²) < 4.78 is 5.91. The maximum absolute atomic E-state index is 5.56. The highest BCUT2D eigenvalue weighted by atomic mass is 32.1. The van der Waals surface area contributed by atoms with E-state index >= 15 is 0 Å². The fourth-order valence-corrected chi connectivity index (χ4v) is 1.56. The highest BCUT2D eigenvalue weighted by molar-refractivity contribution is 7.71. The standard InChI is InChI=1S/C12H14N4OS/c1-8(2)17-10-5-3-9(4-6-10)14-11-7-13-16-12(18)15-11/h3-8H,1-2H3,(H2,14,15,16,18). The maximum atomic E-state index is 5.56. The minimum atomic E-state index is 0.169. The lowest BCUT2D eigenvalue weighted by molar-refractivity contribution is 0.242. The first-order valence-corrected chi connectivity index (χ1v) is 6.00. The maximum Gasteiger partial charge on any atom is 0.215 e. The third kappa shape index (κ3) is 3.53. The average molecular weight is 262 g/mol. The van der Waals surface area contributed by atoms with Crippen LogP contribution in [0.4, 0.5) is 11.5 Å². The molecule has 0 aliphatic carbocycles. The third-order valence-electron chi connectivity index (χ3n) is 2.07. The number of H-pyrrole nitrogens is 1. The topological polar surface area (TPSA) is 62.8 Å². The zero-order chi connectivity index (χ0) is 13.0. The van der Waals surface area contributed by atoms with Crippen molar-refractivity contribution >= 4 is 23.7 Å². The number of anilines is 2. The number of aromatic amines is 1. The van der Waals surface area contributed by atoms with E-state index < -0.39 is 0 Å². The number of nitrogens with zero attached hydrogens (tertiary/aromatic N) is 2. The van der Waals surface area contributed by atoms with E-state index in [2.05, 4.69) is 20.5 Å². The van der Waals surface area contributed by atoms with Crippen LogP contribution in [0.2, 0.25) is 0 Å². The highest BCUT2D eigenvalue weighted by Crippen LogP contribution is 2.19. The van der Waals surface area contributed by atoms with Crippen LogP contribution in [0.25, 0.3) is 0 Å². The Balaban J connectivity index is 2.08. The van der Waals surface area contributed by atoms with Gasteiger partial charge in [0.15, 0.2) is 5.82 Å². The number of rotatable bonds is 4. The normalized spacial score (nSPS) is 10.4. The minimum absolute atomic E-state index is 0.169. The number of aromatic nitrogens is 3. The Hall–Kier alpha value is -1.95. The van der Waals surface area contributed by atoms with Gasteiger partial charge in [0.1, 0.15) is 5.75 Å². The predicted octanol–water partition coefficient (Wildman–Crippen LogP) is 3.06. The van der Waals surface area contributed by atoms with Crippen LogP contribution >= 0.6 is 12.2 Å². The van der Waals surface area contributed by atoms with Gasteiger partial charge < -0.3 is 10.1 Å².